The van der Waals surface area contributed by atoms with Gasteiger partial charge >= 0.3 is 0 Å². The molecule has 0 atom stereocenters. The lowest BCUT2D eigenvalue weighted by atomic mass is 10.2. The van der Waals surface area contributed by atoms with Gasteiger partial charge in [0.05, 0.1) is 17.9 Å². The summed E-state index contributed by atoms with van der Waals surface area (Å²) in [5.74, 6) is 0.639. The van der Waals surface area contributed by atoms with Gasteiger partial charge in [-0.25, -0.2) is 4.68 Å². The van der Waals surface area contributed by atoms with Crippen molar-refractivity contribution in [3.63, 3.8) is 0 Å². The van der Waals surface area contributed by atoms with E-state index >= 15 is 0 Å². The Balaban J connectivity index is 2.11. The van der Waals surface area contributed by atoms with Crippen LogP contribution in [0, 0.1) is 6.92 Å². The van der Waals surface area contributed by atoms with Crippen LogP contribution in [-0.2, 0) is 20.0 Å². The van der Waals surface area contributed by atoms with Gasteiger partial charge < -0.3 is 0 Å². The van der Waals surface area contributed by atoms with Gasteiger partial charge in [0.15, 0.2) is 0 Å². The summed E-state index contributed by atoms with van der Waals surface area (Å²) in [5.41, 5.74) is 2.85. The van der Waals surface area contributed by atoms with Crippen molar-refractivity contribution in [1.29, 1.82) is 0 Å². The van der Waals surface area contributed by atoms with E-state index in [-0.39, 0.29) is 0 Å². The Morgan fingerprint density at radius 2 is 2.17 bits per heavy atom. The topological polar surface area (TPSA) is 48.5 Å². The van der Waals surface area contributed by atoms with Gasteiger partial charge in [-0.3, -0.25) is 4.68 Å². The number of alkyl halides is 1. The first-order valence-electron chi connectivity index (χ1n) is 5.74. The summed E-state index contributed by atoms with van der Waals surface area (Å²) in [6.45, 7) is 2.53. The number of rotatable bonds is 5. The van der Waals surface area contributed by atoms with Crippen LogP contribution in [0.5, 0.6) is 0 Å². The molecule has 0 amide bonds. The Bertz CT molecular complexity index is 532. The SMILES string of the molecule is Cc1nn(C)c(Cl)c1Cn1cc(CCCCl)nn1. The Labute approximate surface area is 116 Å². The van der Waals surface area contributed by atoms with E-state index in [2.05, 4.69) is 15.4 Å². The molecule has 7 heteroatoms. The van der Waals surface area contributed by atoms with Crippen LogP contribution in [0.4, 0.5) is 0 Å². The Kier molecular flexibility index (Phi) is 4.24. The van der Waals surface area contributed by atoms with Gasteiger partial charge in [-0.15, -0.1) is 16.7 Å². The third-order valence-electron chi connectivity index (χ3n) is 2.74. The van der Waals surface area contributed by atoms with Crippen molar-refractivity contribution in [2.45, 2.75) is 26.3 Å². The predicted octanol–water partition coefficient (Wildman–Crippen LogP) is 2.19. The average molecular weight is 288 g/mol. The van der Waals surface area contributed by atoms with E-state index < -0.39 is 0 Å². The van der Waals surface area contributed by atoms with Gasteiger partial charge in [0.25, 0.3) is 0 Å². The number of hydrogen-bond acceptors (Lipinski definition) is 3. The van der Waals surface area contributed by atoms with E-state index in [1.54, 1.807) is 9.36 Å². The fourth-order valence-corrected chi connectivity index (χ4v) is 2.16. The maximum Gasteiger partial charge on any atom is 0.132 e. The number of aromatic nitrogens is 5. The summed E-state index contributed by atoms with van der Waals surface area (Å²) in [4.78, 5) is 0. The van der Waals surface area contributed by atoms with Crippen molar-refractivity contribution in [3.8, 4) is 0 Å². The van der Waals surface area contributed by atoms with Crippen molar-refractivity contribution in [1.82, 2.24) is 24.8 Å². The Morgan fingerprint density at radius 1 is 1.39 bits per heavy atom. The van der Waals surface area contributed by atoms with Gasteiger partial charge in [-0.2, -0.15) is 5.10 Å². The molecule has 0 saturated carbocycles. The lowest BCUT2D eigenvalue weighted by Crippen LogP contribution is -2.01. The number of halogens is 2. The molecule has 2 heterocycles. The molecule has 0 saturated heterocycles. The third-order valence-corrected chi connectivity index (χ3v) is 3.48. The van der Waals surface area contributed by atoms with E-state index in [4.69, 9.17) is 23.2 Å². The maximum absolute atomic E-state index is 6.18. The quantitative estimate of drug-likeness (QED) is 0.792. The van der Waals surface area contributed by atoms with E-state index in [1.807, 2.05) is 20.2 Å². The molecule has 18 heavy (non-hydrogen) atoms. The molecule has 5 nitrogen and oxygen atoms in total. The van der Waals surface area contributed by atoms with Crippen LogP contribution < -0.4 is 0 Å². The largest absolute Gasteiger partial charge is 0.256 e. The standard InChI is InChI=1S/C11H15Cl2N5/c1-8-10(11(13)17(2)15-8)7-18-6-9(14-16-18)4-3-5-12/h6H,3-5,7H2,1-2H3. The second kappa shape index (κ2) is 5.71. The smallest absolute Gasteiger partial charge is 0.132 e. The summed E-state index contributed by atoms with van der Waals surface area (Å²) in [5, 5.41) is 13.1. The van der Waals surface area contributed by atoms with Crippen molar-refractivity contribution >= 4 is 23.2 Å². The van der Waals surface area contributed by atoms with E-state index in [0.29, 0.717) is 17.6 Å². The summed E-state index contributed by atoms with van der Waals surface area (Å²) in [6, 6.07) is 0. The van der Waals surface area contributed by atoms with Gasteiger partial charge in [0.1, 0.15) is 5.15 Å². The average Bonchev–Trinajstić information content (AvgIpc) is 2.88. The van der Waals surface area contributed by atoms with Crippen molar-refractivity contribution in [3.05, 3.63) is 28.3 Å². The monoisotopic (exact) mass is 287 g/mol. The number of nitrogens with zero attached hydrogens (tertiary/aromatic N) is 5. The zero-order chi connectivity index (χ0) is 13.1. The molecule has 2 aromatic rings. The lowest BCUT2D eigenvalue weighted by molar-refractivity contribution is 0.646. The highest BCUT2D eigenvalue weighted by molar-refractivity contribution is 6.30. The summed E-state index contributed by atoms with van der Waals surface area (Å²) < 4.78 is 3.44. The maximum atomic E-state index is 6.18. The second-order valence-electron chi connectivity index (χ2n) is 4.18. The molecule has 0 N–H and O–H groups in total. The lowest BCUT2D eigenvalue weighted by Gasteiger charge is -1.99. The molecule has 0 fully saturated rings. The van der Waals surface area contributed by atoms with Crippen LogP contribution in [0.1, 0.15) is 23.4 Å². The molecule has 0 aliphatic heterocycles. The number of hydrogen-bond donors (Lipinski definition) is 0. The first kappa shape index (κ1) is 13.4. The molecule has 0 aliphatic carbocycles. The zero-order valence-electron chi connectivity index (χ0n) is 10.4. The minimum atomic E-state index is 0.590. The fourth-order valence-electron chi connectivity index (χ4n) is 1.79. The van der Waals surface area contributed by atoms with Crippen LogP contribution >= 0.6 is 23.2 Å². The molecule has 98 valence electrons. The van der Waals surface area contributed by atoms with E-state index in [1.165, 1.54) is 0 Å². The minimum absolute atomic E-state index is 0.590. The predicted molar refractivity (Wildman–Crippen MR) is 71.1 cm³/mol. The first-order valence-corrected chi connectivity index (χ1v) is 6.66. The first-order chi connectivity index (χ1) is 8.61. The highest BCUT2D eigenvalue weighted by Gasteiger charge is 2.12. The normalized spacial score (nSPS) is 11.1. The number of aryl methyl sites for hydroxylation is 3. The third kappa shape index (κ3) is 2.84. The molecule has 0 spiro atoms. The van der Waals surface area contributed by atoms with Crippen LogP contribution in [0.3, 0.4) is 0 Å². The van der Waals surface area contributed by atoms with Crippen molar-refractivity contribution in [2.75, 3.05) is 5.88 Å². The Hall–Kier alpha value is -1.07. The van der Waals surface area contributed by atoms with Gasteiger partial charge in [-0.05, 0) is 19.8 Å². The van der Waals surface area contributed by atoms with Crippen LogP contribution in [0.2, 0.25) is 5.15 Å². The molecular formula is C11H15Cl2N5. The molecular weight excluding hydrogens is 273 g/mol. The van der Waals surface area contributed by atoms with Crippen LogP contribution in [-0.4, -0.2) is 30.7 Å². The van der Waals surface area contributed by atoms with Gasteiger partial charge in [-0.1, -0.05) is 16.8 Å². The highest BCUT2D eigenvalue weighted by Crippen LogP contribution is 2.19. The minimum Gasteiger partial charge on any atom is -0.256 e. The molecule has 0 aromatic carbocycles. The van der Waals surface area contributed by atoms with E-state index in [9.17, 15) is 0 Å². The summed E-state index contributed by atoms with van der Waals surface area (Å²) in [6.07, 6.45) is 3.69. The molecule has 0 unspecified atom stereocenters. The molecule has 0 radical (unpaired) electrons. The highest BCUT2D eigenvalue weighted by atomic mass is 35.5. The van der Waals surface area contributed by atoms with Crippen molar-refractivity contribution < 1.29 is 0 Å². The molecule has 2 aromatic heterocycles. The fraction of sp³-hybridized carbons (Fsp3) is 0.545. The summed E-state index contributed by atoms with van der Waals surface area (Å²) in [7, 11) is 1.83. The van der Waals surface area contributed by atoms with Crippen LogP contribution in [0.25, 0.3) is 0 Å². The van der Waals surface area contributed by atoms with Crippen molar-refractivity contribution in [2.24, 2.45) is 7.05 Å². The zero-order valence-corrected chi connectivity index (χ0v) is 11.9. The molecule has 0 bridgehead atoms. The molecule has 2 rings (SSSR count). The van der Waals surface area contributed by atoms with E-state index in [0.717, 1.165) is 29.8 Å². The molecule has 0 aliphatic rings. The Morgan fingerprint density at radius 3 is 2.78 bits per heavy atom. The summed E-state index contributed by atoms with van der Waals surface area (Å²) >= 11 is 11.8. The second-order valence-corrected chi connectivity index (χ2v) is 4.91. The van der Waals surface area contributed by atoms with Gasteiger partial charge in [0.2, 0.25) is 0 Å². The van der Waals surface area contributed by atoms with Crippen LogP contribution in [0.15, 0.2) is 6.20 Å². The van der Waals surface area contributed by atoms with Gasteiger partial charge in [0, 0.05) is 24.7 Å².